The van der Waals surface area contributed by atoms with Crippen LogP contribution >= 0.6 is 11.8 Å². The number of hydrogen-bond donors (Lipinski definition) is 2. The molecule has 162 valence electrons. The Hall–Kier alpha value is -3.76. The van der Waals surface area contributed by atoms with Gasteiger partial charge in [0.25, 0.3) is 11.8 Å². The van der Waals surface area contributed by atoms with E-state index in [0.29, 0.717) is 21.8 Å². The smallest absolute Gasteiger partial charge is 0.279 e. The van der Waals surface area contributed by atoms with Crippen molar-refractivity contribution in [1.29, 1.82) is 5.26 Å². The summed E-state index contributed by atoms with van der Waals surface area (Å²) in [6, 6.07) is 22.0. The molecular weight excluding hydrogens is 422 g/mol. The average molecular weight is 446 g/mol. The molecule has 0 bridgehead atoms. The topological polar surface area (TPSA) is 91.2 Å². The molecule has 0 aliphatic heterocycles. The number of ether oxygens (including phenoxy) is 1. The van der Waals surface area contributed by atoms with E-state index in [-0.39, 0.29) is 0 Å². The first-order valence-electron chi connectivity index (χ1n) is 9.99. The van der Waals surface area contributed by atoms with Gasteiger partial charge in [-0.05, 0) is 62.2 Å². The first-order valence-corrected chi connectivity index (χ1v) is 10.8. The zero-order chi connectivity index (χ0) is 23.1. The van der Waals surface area contributed by atoms with Crippen LogP contribution in [0.1, 0.15) is 34.0 Å². The van der Waals surface area contributed by atoms with Crippen molar-refractivity contribution >= 4 is 23.6 Å². The Kier molecular flexibility index (Phi) is 7.53. The molecule has 0 fully saturated rings. The van der Waals surface area contributed by atoms with Gasteiger partial charge in [-0.1, -0.05) is 48.2 Å². The molecule has 0 radical (unpaired) electrons. The Bertz CT molecular complexity index is 1190. The van der Waals surface area contributed by atoms with E-state index in [9.17, 15) is 14.9 Å². The average Bonchev–Trinajstić information content (AvgIpc) is 2.81. The summed E-state index contributed by atoms with van der Waals surface area (Å²) in [4.78, 5) is 26.6. The van der Waals surface area contributed by atoms with Gasteiger partial charge in [-0.2, -0.15) is 5.26 Å². The normalized spacial score (nSPS) is 11.2. The highest BCUT2D eigenvalue weighted by molar-refractivity contribution is 7.99. The van der Waals surface area contributed by atoms with Gasteiger partial charge in [0, 0.05) is 9.79 Å². The molecule has 0 aliphatic carbocycles. The number of nitrogens with one attached hydrogen (secondary N) is 2. The van der Waals surface area contributed by atoms with Gasteiger partial charge >= 0.3 is 0 Å². The lowest BCUT2D eigenvalue weighted by atomic mass is 10.1. The summed E-state index contributed by atoms with van der Waals surface area (Å²) in [7, 11) is 0. The van der Waals surface area contributed by atoms with Crippen LogP contribution < -0.4 is 15.6 Å². The van der Waals surface area contributed by atoms with Crippen LogP contribution in [-0.2, 0) is 4.79 Å². The molecule has 6 nitrogen and oxygen atoms in total. The maximum absolute atomic E-state index is 12.7. The van der Waals surface area contributed by atoms with Crippen molar-refractivity contribution in [3.05, 3.63) is 89.0 Å². The van der Waals surface area contributed by atoms with Gasteiger partial charge in [0.05, 0.1) is 11.1 Å². The van der Waals surface area contributed by atoms with Crippen LogP contribution in [0, 0.1) is 25.2 Å². The second kappa shape index (κ2) is 10.5. The summed E-state index contributed by atoms with van der Waals surface area (Å²) in [6.45, 7) is 5.51. The van der Waals surface area contributed by atoms with Gasteiger partial charge in [0.15, 0.2) is 6.10 Å². The third kappa shape index (κ3) is 5.48. The molecule has 0 spiro atoms. The van der Waals surface area contributed by atoms with Gasteiger partial charge in [0.1, 0.15) is 11.8 Å². The Balaban J connectivity index is 1.65. The number of hydrazine groups is 1. The molecule has 2 amide bonds. The van der Waals surface area contributed by atoms with Crippen molar-refractivity contribution in [2.45, 2.75) is 36.7 Å². The second-order valence-electron chi connectivity index (χ2n) is 7.11. The van der Waals surface area contributed by atoms with Gasteiger partial charge in [0.2, 0.25) is 0 Å². The molecule has 0 aliphatic rings. The Morgan fingerprint density at radius 3 is 2.38 bits per heavy atom. The number of amides is 2. The third-order valence-electron chi connectivity index (χ3n) is 4.89. The third-order valence-corrected chi connectivity index (χ3v) is 6.04. The minimum Gasteiger partial charge on any atom is -0.481 e. The van der Waals surface area contributed by atoms with E-state index in [1.165, 1.54) is 11.8 Å². The molecule has 1 unspecified atom stereocenters. The quantitative estimate of drug-likeness (QED) is 0.543. The molecule has 3 aromatic rings. The standard InChI is InChI=1S/C25H23N3O3S/c1-16-9-8-12-21(17(16)2)31-18(3)24(29)27-28-25(30)20-11-5-7-14-23(20)32-22-13-6-4-10-19(22)15-26/h4-14,18H,1-3H3,(H,27,29)(H,28,30). The van der Waals surface area contributed by atoms with Crippen molar-refractivity contribution in [3.8, 4) is 11.8 Å². The highest BCUT2D eigenvalue weighted by atomic mass is 32.2. The van der Waals surface area contributed by atoms with E-state index in [1.54, 1.807) is 43.3 Å². The summed E-state index contributed by atoms with van der Waals surface area (Å²) >= 11 is 1.32. The number of carbonyl (C=O) groups excluding carboxylic acids is 2. The van der Waals surface area contributed by atoms with Crippen LogP contribution in [0.25, 0.3) is 0 Å². The van der Waals surface area contributed by atoms with Crippen LogP contribution in [0.2, 0.25) is 0 Å². The monoisotopic (exact) mass is 445 g/mol. The zero-order valence-corrected chi connectivity index (χ0v) is 18.8. The van der Waals surface area contributed by atoms with Crippen LogP contribution in [0.5, 0.6) is 5.75 Å². The molecule has 0 aromatic heterocycles. The number of carbonyl (C=O) groups is 2. The fraction of sp³-hybridized carbons (Fsp3) is 0.160. The van der Waals surface area contributed by atoms with E-state index < -0.39 is 17.9 Å². The first kappa shape index (κ1) is 22.9. The lowest BCUT2D eigenvalue weighted by molar-refractivity contribution is -0.128. The van der Waals surface area contributed by atoms with Crippen LogP contribution in [-0.4, -0.2) is 17.9 Å². The zero-order valence-electron chi connectivity index (χ0n) is 18.0. The maximum Gasteiger partial charge on any atom is 0.279 e. The molecule has 32 heavy (non-hydrogen) atoms. The summed E-state index contributed by atoms with van der Waals surface area (Å²) in [5, 5.41) is 9.31. The predicted octanol–water partition coefficient (Wildman–Crippen LogP) is 4.55. The number of aryl methyl sites for hydroxylation is 1. The van der Waals surface area contributed by atoms with Gasteiger partial charge in [-0.3, -0.25) is 20.4 Å². The SMILES string of the molecule is Cc1cccc(OC(C)C(=O)NNC(=O)c2ccccc2Sc2ccccc2C#N)c1C. The van der Waals surface area contributed by atoms with Crippen molar-refractivity contribution in [1.82, 2.24) is 10.9 Å². The van der Waals surface area contributed by atoms with Crippen molar-refractivity contribution < 1.29 is 14.3 Å². The first-order chi connectivity index (χ1) is 15.4. The van der Waals surface area contributed by atoms with Crippen LogP contribution in [0.4, 0.5) is 0 Å². The van der Waals surface area contributed by atoms with Crippen LogP contribution in [0.15, 0.2) is 76.5 Å². The lowest BCUT2D eigenvalue weighted by Gasteiger charge is -2.17. The lowest BCUT2D eigenvalue weighted by Crippen LogP contribution is -2.47. The Morgan fingerprint density at radius 1 is 0.938 bits per heavy atom. The number of nitriles is 1. The molecule has 3 rings (SSSR count). The van der Waals surface area contributed by atoms with E-state index in [0.717, 1.165) is 16.0 Å². The van der Waals surface area contributed by atoms with Gasteiger partial charge < -0.3 is 4.74 Å². The highest BCUT2D eigenvalue weighted by Gasteiger charge is 2.18. The van der Waals surface area contributed by atoms with Crippen molar-refractivity contribution in [3.63, 3.8) is 0 Å². The van der Waals surface area contributed by atoms with Crippen LogP contribution in [0.3, 0.4) is 0 Å². The van der Waals surface area contributed by atoms with Gasteiger partial charge in [-0.25, -0.2) is 0 Å². The van der Waals surface area contributed by atoms with Crippen molar-refractivity contribution in [2.75, 3.05) is 0 Å². The minimum absolute atomic E-state index is 0.383. The molecule has 3 aromatic carbocycles. The second-order valence-corrected chi connectivity index (χ2v) is 8.19. The maximum atomic E-state index is 12.7. The van der Waals surface area contributed by atoms with E-state index in [1.807, 2.05) is 44.2 Å². The van der Waals surface area contributed by atoms with E-state index >= 15 is 0 Å². The number of nitrogens with zero attached hydrogens (tertiary/aromatic N) is 1. The minimum atomic E-state index is -0.803. The Labute approximate surface area is 191 Å². The Morgan fingerprint density at radius 2 is 1.62 bits per heavy atom. The number of rotatable bonds is 6. The summed E-state index contributed by atoms with van der Waals surface area (Å²) in [6.07, 6.45) is -0.803. The predicted molar refractivity (Wildman–Crippen MR) is 123 cm³/mol. The molecule has 7 heteroatoms. The molecule has 0 saturated heterocycles. The van der Waals surface area contributed by atoms with E-state index in [4.69, 9.17) is 4.74 Å². The summed E-state index contributed by atoms with van der Waals surface area (Å²) in [5.74, 6) is -0.314. The van der Waals surface area contributed by atoms with Gasteiger partial charge in [-0.15, -0.1) is 0 Å². The molecule has 2 N–H and O–H groups in total. The van der Waals surface area contributed by atoms with Crippen molar-refractivity contribution in [2.24, 2.45) is 0 Å². The summed E-state index contributed by atoms with van der Waals surface area (Å²) in [5.41, 5.74) is 7.81. The van der Waals surface area contributed by atoms with E-state index in [2.05, 4.69) is 16.9 Å². The fourth-order valence-electron chi connectivity index (χ4n) is 2.89. The number of hydrogen-bond acceptors (Lipinski definition) is 5. The highest BCUT2D eigenvalue weighted by Crippen LogP contribution is 2.32. The largest absolute Gasteiger partial charge is 0.481 e. The summed E-state index contributed by atoms with van der Waals surface area (Å²) < 4.78 is 5.76. The molecule has 1 atom stereocenters. The molecular formula is C25H23N3O3S. The molecule has 0 saturated carbocycles. The molecule has 0 heterocycles. The fourth-order valence-corrected chi connectivity index (χ4v) is 3.92. The number of benzene rings is 3.